The quantitative estimate of drug-likeness (QED) is 0.841. The zero-order valence-corrected chi connectivity index (χ0v) is 13.1. The lowest BCUT2D eigenvalue weighted by molar-refractivity contribution is -0.134. The molecule has 0 aromatic rings. The summed E-state index contributed by atoms with van der Waals surface area (Å²) in [4.78, 5) is 17.1. The third kappa shape index (κ3) is 2.65. The van der Waals surface area contributed by atoms with Gasteiger partial charge in [0.1, 0.15) is 0 Å². The molecule has 4 nitrogen and oxygen atoms in total. The molecule has 1 N–H and O–H groups in total. The van der Waals surface area contributed by atoms with Gasteiger partial charge < -0.3 is 9.80 Å². The number of rotatable bonds is 4. The monoisotopic (exact) mass is 267 g/mol. The molecule has 1 saturated carbocycles. The van der Waals surface area contributed by atoms with Gasteiger partial charge in [-0.1, -0.05) is 26.7 Å². The van der Waals surface area contributed by atoms with E-state index in [1.807, 2.05) is 0 Å². The molecule has 19 heavy (non-hydrogen) atoms. The molecule has 0 aromatic carbocycles. The fourth-order valence-corrected chi connectivity index (χ4v) is 3.33. The van der Waals surface area contributed by atoms with Crippen LogP contribution in [0.5, 0.6) is 0 Å². The Kier molecular flexibility index (Phi) is 4.21. The Bertz CT molecular complexity index is 334. The molecule has 4 heteroatoms. The highest BCUT2D eigenvalue weighted by Crippen LogP contribution is 2.37. The van der Waals surface area contributed by atoms with Gasteiger partial charge in [-0.15, -0.1) is 0 Å². The van der Waals surface area contributed by atoms with E-state index in [0.717, 1.165) is 19.4 Å². The number of carbonyl (C=O) groups excluding carboxylic acids is 1. The third-order valence-corrected chi connectivity index (χ3v) is 4.86. The van der Waals surface area contributed by atoms with Crippen LogP contribution in [0, 0.1) is 5.92 Å². The van der Waals surface area contributed by atoms with E-state index in [2.05, 4.69) is 50.0 Å². The second kappa shape index (κ2) is 5.41. The van der Waals surface area contributed by atoms with Crippen molar-refractivity contribution < 1.29 is 4.79 Å². The standard InChI is InChI=1S/C15H29N3O/c1-11(2)13-16-15(8-6-7-9-15)14(19)18(13)10-12(3)17(4)5/h11-13,16H,6-10H2,1-5H3. The molecule has 2 rings (SSSR count). The van der Waals surface area contributed by atoms with Gasteiger partial charge in [0, 0.05) is 12.6 Å². The Hall–Kier alpha value is -0.610. The number of carbonyl (C=O) groups is 1. The summed E-state index contributed by atoms with van der Waals surface area (Å²) in [6.45, 7) is 7.41. The largest absolute Gasteiger partial charge is 0.324 e. The number of nitrogens with zero attached hydrogens (tertiary/aromatic N) is 2. The summed E-state index contributed by atoms with van der Waals surface area (Å²) in [6.07, 6.45) is 4.60. The van der Waals surface area contributed by atoms with Crippen molar-refractivity contribution in [3.05, 3.63) is 0 Å². The van der Waals surface area contributed by atoms with Gasteiger partial charge in [-0.3, -0.25) is 10.1 Å². The SMILES string of the molecule is CC(C)C1NC2(CCCC2)C(=O)N1CC(C)N(C)C. The van der Waals surface area contributed by atoms with E-state index < -0.39 is 0 Å². The molecule has 1 aliphatic heterocycles. The molecule has 1 spiro atoms. The van der Waals surface area contributed by atoms with Crippen molar-refractivity contribution in [3.63, 3.8) is 0 Å². The van der Waals surface area contributed by atoms with Crippen LogP contribution in [0.25, 0.3) is 0 Å². The minimum absolute atomic E-state index is 0.202. The maximum Gasteiger partial charge on any atom is 0.244 e. The lowest BCUT2D eigenvalue weighted by Gasteiger charge is -2.31. The first kappa shape index (κ1) is 14.8. The Morgan fingerprint density at radius 2 is 1.89 bits per heavy atom. The molecule has 110 valence electrons. The summed E-state index contributed by atoms with van der Waals surface area (Å²) in [7, 11) is 4.16. The second-order valence-corrected chi connectivity index (χ2v) is 6.89. The van der Waals surface area contributed by atoms with E-state index >= 15 is 0 Å². The summed E-state index contributed by atoms with van der Waals surface area (Å²) in [5, 5.41) is 3.67. The molecule has 2 fully saturated rings. The van der Waals surface area contributed by atoms with Gasteiger partial charge in [-0.25, -0.2) is 0 Å². The van der Waals surface area contributed by atoms with Crippen LogP contribution in [0.3, 0.4) is 0 Å². The van der Waals surface area contributed by atoms with Gasteiger partial charge in [0.05, 0.1) is 11.7 Å². The average Bonchev–Trinajstić information content (AvgIpc) is 2.90. The van der Waals surface area contributed by atoms with Gasteiger partial charge in [0.15, 0.2) is 0 Å². The molecule has 0 radical (unpaired) electrons. The fraction of sp³-hybridized carbons (Fsp3) is 0.933. The first-order chi connectivity index (χ1) is 8.87. The molecule has 1 aliphatic carbocycles. The van der Waals surface area contributed by atoms with E-state index in [9.17, 15) is 4.79 Å². The van der Waals surface area contributed by atoms with Crippen LogP contribution in [-0.4, -0.2) is 54.1 Å². The van der Waals surface area contributed by atoms with Crippen molar-refractivity contribution in [3.8, 4) is 0 Å². The molecule has 1 amide bonds. The fourth-order valence-electron chi connectivity index (χ4n) is 3.33. The topological polar surface area (TPSA) is 35.6 Å². The molecule has 2 unspecified atom stereocenters. The molecular formula is C15H29N3O. The maximum atomic E-state index is 12.8. The van der Waals surface area contributed by atoms with Crippen LogP contribution < -0.4 is 5.32 Å². The van der Waals surface area contributed by atoms with Crippen LogP contribution in [0.2, 0.25) is 0 Å². The summed E-state index contributed by atoms with van der Waals surface area (Å²) in [5.74, 6) is 0.802. The van der Waals surface area contributed by atoms with Crippen molar-refractivity contribution in [1.29, 1.82) is 0 Å². The minimum atomic E-state index is -0.235. The molecule has 2 aliphatic rings. The normalized spacial score (nSPS) is 28.1. The molecule has 0 aromatic heterocycles. The predicted molar refractivity (Wildman–Crippen MR) is 77.8 cm³/mol. The number of nitrogens with one attached hydrogen (secondary N) is 1. The van der Waals surface area contributed by atoms with E-state index in [0.29, 0.717) is 17.9 Å². The molecule has 0 bridgehead atoms. The summed E-state index contributed by atoms with van der Waals surface area (Å²) >= 11 is 0. The van der Waals surface area contributed by atoms with Crippen LogP contribution in [-0.2, 0) is 4.79 Å². The molecule has 1 saturated heterocycles. The van der Waals surface area contributed by atoms with Gasteiger partial charge in [-0.05, 0) is 39.8 Å². The highest BCUT2D eigenvalue weighted by atomic mass is 16.2. The van der Waals surface area contributed by atoms with Crippen molar-refractivity contribution in [2.75, 3.05) is 20.6 Å². The Morgan fingerprint density at radius 1 is 1.32 bits per heavy atom. The van der Waals surface area contributed by atoms with E-state index in [-0.39, 0.29) is 11.7 Å². The summed E-state index contributed by atoms with van der Waals surface area (Å²) in [5.41, 5.74) is -0.235. The zero-order valence-electron chi connectivity index (χ0n) is 13.1. The number of hydrogen-bond acceptors (Lipinski definition) is 3. The zero-order chi connectivity index (χ0) is 14.2. The van der Waals surface area contributed by atoms with E-state index in [4.69, 9.17) is 0 Å². The lowest BCUT2D eigenvalue weighted by Crippen LogP contribution is -2.47. The van der Waals surface area contributed by atoms with Crippen molar-refractivity contribution in [2.24, 2.45) is 5.92 Å². The first-order valence-corrected chi connectivity index (χ1v) is 7.62. The number of amides is 1. The second-order valence-electron chi connectivity index (χ2n) is 6.89. The Morgan fingerprint density at radius 3 is 2.37 bits per heavy atom. The minimum Gasteiger partial charge on any atom is -0.324 e. The smallest absolute Gasteiger partial charge is 0.244 e. The maximum absolute atomic E-state index is 12.8. The molecule has 1 heterocycles. The van der Waals surface area contributed by atoms with Crippen molar-refractivity contribution in [2.45, 2.75) is 64.2 Å². The van der Waals surface area contributed by atoms with Crippen LogP contribution in [0.15, 0.2) is 0 Å². The Balaban J connectivity index is 2.16. The van der Waals surface area contributed by atoms with Crippen molar-refractivity contribution >= 4 is 5.91 Å². The van der Waals surface area contributed by atoms with Gasteiger partial charge >= 0.3 is 0 Å². The van der Waals surface area contributed by atoms with E-state index in [1.165, 1.54) is 12.8 Å². The van der Waals surface area contributed by atoms with Crippen molar-refractivity contribution in [1.82, 2.24) is 15.1 Å². The third-order valence-electron chi connectivity index (χ3n) is 4.86. The highest BCUT2D eigenvalue weighted by Gasteiger charge is 2.52. The summed E-state index contributed by atoms with van der Waals surface area (Å²) in [6, 6.07) is 0.392. The number of likely N-dealkylation sites (N-methyl/N-ethyl adjacent to an activating group) is 1. The molecular weight excluding hydrogens is 238 g/mol. The Labute approximate surface area is 117 Å². The number of hydrogen-bond donors (Lipinski definition) is 1. The van der Waals surface area contributed by atoms with Crippen LogP contribution >= 0.6 is 0 Å². The van der Waals surface area contributed by atoms with Crippen LogP contribution in [0.1, 0.15) is 46.5 Å². The highest BCUT2D eigenvalue weighted by molar-refractivity contribution is 5.89. The predicted octanol–water partition coefficient (Wildman–Crippen LogP) is 1.66. The molecule has 2 atom stereocenters. The van der Waals surface area contributed by atoms with Gasteiger partial charge in [-0.2, -0.15) is 0 Å². The average molecular weight is 267 g/mol. The van der Waals surface area contributed by atoms with E-state index in [1.54, 1.807) is 0 Å². The lowest BCUT2D eigenvalue weighted by atomic mass is 9.98. The van der Waals surface area contributed by atoms with Gasteiger partial charge in [0.25, 0.3) is 0 Å². The summed E-state index contributed by atoms with van der Waals surface area (Å²) < 4.78 is 0. The van der Waals surface area contributed by atoms with Gasteiger partial charge in [0.2, 0.25) is 5.91 Å². The van der Waals surface area contributed by atoms with Crippen LogP contribution in [0.4, 0.5) is 0 Å². The first-order valence-electron chi connectivity index (χ1n) is 7.62.